The lowest BCUT2D eigenvalue weighted by Crippen LogP contribution is -2.57. The van der Waals surface area contributed by atoms with Crippen molar-refractivity contribution in [1.29, 1.82) is 0 Å². The van der Waals surface area contributed by atoms with Crippen LogP contribution >= 0.6 is 0 Å². The first-order valence-electron chi connectivity index (χ1n) is 8.50. The first-order chi connectivity index (χ1) is 9.29. The maximum absolute atomic E-state index is 4.08. The lowest BCUT2D eigenvalue weighted by molar-refractivity contribution is 0.0415. The van der Waals surface area contributed by atoms with Gasteiger partial charge in [0, 0.05) is 30.7 Å². The molecule has 0 spiro atoms. The van der Waals surface area contributed by atoms with Gasteiger partial charge < -0.3 is 15.1 Å². The summed E-state index contributed by atoms with van der Waals surface area (Å²) in [5.74, 6) is 0.952. The minimum Gasteiger partial charge on any atom is -0.311 e. The van der Waals surface area contributed by atoms with Gasteiger partial charge in [-0.2, -0.15) is 0 Å². The van der Waals surface area contributed by atoms with Crippen LogP contribution < -0.4 is 5.32 Å². The van der Waals surface area contributed by atoms with Crippen molar-refractivity contribution in [3.8, 4) is 0 Å². The Kier molecular flexibility index (Phi) is 3.33. The van der Waals surface area contributed by atoms with Crippen molar-refractivity contribution in [3.63, 3.8) is 0 Å². The van der Waals surface area contributed by atoms with Crippen LogP contribution in [0.4, 0.5) is 0 Å². The van der Waals surface area contributed by atoms with E-state index >= 15 is 0 Å². The molecule has 0 aromatic rings. The van der Waals surface area contributed by atoms with Gasteiger partial charge in [0.2, 0.25) is 0 Å². The van der Waals surface area contributed by atoms with E-state index in [0.717, 1.165) is 30.1 Å². The molecular formula is C16H29N3. The standard InChI is InChI=1S/C16H29N3/c1-18-14-3-2-4-15(18)10-13(9-14)17-16-6-8-19-7-5-12(16)11-19/h12-17H,2-11H2,1H3. The van der Waals surface area contributed by atoms with E-state index in [1.807, 2.05) is 0 Å². The van der Waals surface area contributed by atoms with E-state index < -0.39 is 0 Å². The number of hydrogen-bond donors (Lipinski definition) is 1. The molecule has 5 atom stereocenters. The molecule has 0 aromatic heterocycles. The molecule has 4 aliphatic rings. The maximum Gasteiger partial charge on any atom is 0.0123 e. The van der Waals surface area contributed by atoms with Gasteiger partial charge in [-0.25, -0.2) is 0 Å². The fourth-order valence-electron chi connectivity index (χ4n) is 5.23. The van der Waals surface area contributed by atoms with E-state index in [1.165, 1.54) is 64.6 Å². The summed E-state index contributed by atoms with van der Waals surface area (Å²) < 4.78 is 0. The zero-order chi connectivity index (χ0) is 12.8. The SMILES string of the molecule is CN1C2CCCC1CC(NC1CCN3CCC1C3)C2. The number of piperidine rings is 3. The van der Waals surface area contributed by atoms with Crippen LogP contribution in [0.25, 0.3) is 0 Å². The Balaban J connectivity index is 1.38. The number of fused-ring (bicyclic) bond motifs is 4. The van der Waals surface area contributed by atoms with E-state index in [0.29, 0.717) is 0 Å². The van der Waals surface area contributed by atoms with E-state index in [4.69, 9.17) is 0 Å². The first-order valence-corrected chi connectivity index (χ1v) is 8.50. The topological polar surface area (TPSA) is 18.5 Å². The molecule has 0 saturated carbocycles. The van der Waals surface area contributed by atoms with Gasteiger partial charge in [0.05, 0.1) is 0 Å². The molecular weight excluding hydrogens is 234 g/mol. The number of nitrogens with zero attached hydrogens (tertiary/aromatic N) is 2. The summed E-state index contributed by atoms with van der Waals surface area (Å²) in [5.41, 5.74) is 0. The van der Waals surface area contributed by atoms with Crippen LogP contribution in [0, 0.1) is 5.92 Å². The molecule has 5 unspecified atom stereocenters. The van der Waals surface area contributed by atoms with Crippen LogP contribution in [0.5, 0.6) is 0 Å². The predicted molar refractivity (Wildman–Crippen MR) is 78.3 cm³/mol. The van der Waals surface area contributed by atoms with E-state index in [1.54, 1.807) is 0 Å². The van der Waals surface area contributed by atoms with Crippen molar-refractivity contribution in [2.24, 2.45) is 5.92 Å². The second-order valence-corrected chi connectivity index (χ2v) is 7.48. The molecule has 4 heterocycles. The minimum absolute atomic E-state index is 0.809. The molecule has 0 radical (unpaired) electrons. The van der Waals surface area contributed by atoms with Gasteiger partial charge in [-0.1, -0.05) is 6.42 Å². The normalized spacial score (nSPS) is 50.4. The van der Waals surface area contributed by atoms with Crippen molar-refractivity contribution in [1.82, 2.24) is 15.1 Å². The molecule has 108 valence electrons. The van der Waals surface area contributed by atoms with Crippen molar-refractivity contribution >= 4 is 0 Å². The van der Waals surface area contributed by atoms with Gasteiger partial charge in [-0.15, -0.1) is 0 Å². The molecule has 19 heavy (non-hydrogen) atoms. The summed E-state index contributed by atoms with van der Waals surface area (Å²) >= 11 is 0. The van der Waals surface area contributed by atoms with Crippen molar-refractivity contribution in [2.75, 3.05) is 26.7 Å². The summed E-state index contributed by atoms with van der Waals surface area (Å²) in [6.07, 6.45) is 9.98. The predicted octanol–water partition coefficient (Wildman–Crippen LogP) is 1.69. The van der Waals surface area contributed by atoms with Gasteiger partial charge in [0.1, 0.15) is 0 Å². The average molecular weight is 263 g/mol. The van der Waals surface area contributed by atoms with Crippen LogP contribution in [0.2, 0.25) is 0 Å². The second-order valence-electron chi connectivity index (χ2n) is 7.48. The first kappa shape index (κ1) is 12.6. The molecule has 3 heteroatoms. The van der Waals surface area contributed by atoms with Gasteiger partial charge in [-0.3, -0.25) is 0 Å². The summed E-state index contributed by atoms with van der Waals surface area (Å²) in [4.78, 5) is 5.34. The summed E-state index contributed by atoms with van der Waals surface area (Å²) in [7, 11) is 2.36. The summed E-state index contributed by atoms with van der Waals surface area (Å²) in [6.45, 7) is 4.08. The molecule has 4 rings (SSSR count). The second kappa shape index (κ2) is 5.01. The largest absolute Gasteiger partial charge is 0.311 e. The highest BCUT2D eigenvalue weighted by Gasteiger charge is 2.39. The zero-order valence-electron chi connectivity index (χ0n) is 12.4. The van der Waals surface area contributed by atoms with Crippen molar-refractivity contribution in [2.45, 2.75) is 69.1 Å². The van der Waals surface area contributed by atoms with Crippen LogP contribution in [0.3, 0.4) is 0 Å². The van der Waals surface area contributed by atoms with E-state index in [2.05, 4.69) is 22.2 Å². The maximum atomic E-state index is 4.08. The van der Waals surface area contributed by atoms with Gasteiger partial charge >= 0.3 is 0 Å². The third-order valence-electron chi connectivity index (χ3n) is 6.42. The number of hydrogen-bond acceptors (Lipinski definition) is 3. The van der Waals surface area contributed by atoms with Crippen molar-refractivity contribution in [3.05, 3.63) is 0 Å². The molecule has 3 nitrogen and oxygen atoms in total. The lowest BCUT2D eigenvalue weighted by Gasteiger charge is -2.48. The molecule has 4 aliphatic heterocycles. The van der Waals surface area contributed by atoms with Crippen LogP contribution in [0.15, 0.2) is 0 Å². The third kappa shape index (κ3) is 2.34. The Hall–Kier alpha value is -0.120. The Morgan fingerprint density at radius 3 is 2.47 bits per heavy atom. The van der Waals surface area contributed by atoms with Crippen LogP contribution in [-0.2, 0) is 0 Å². The fraction of sp³-hybridized carbons (Fsp3) is 1.00. The lowest BCUT2D eigenvalue weighted by atomic mass is 9.81. The van der Waals surface area contributed by atoms with Crippen LogP contribution in [0.1, 0.15) is 44.9 Å². The Morgan fingerprint density at radius 1 is 0.947 bits per heavy atom. The van der Waals surface area contributed by atoms with Gasteiger partial charge in [-0.05, 0) is 64.6 Å². The molecule has 4 bridgehead atoms. The van der Waals surface area contributed by atoms with E-state index in [-0.39, 0.29) is 0 Å². The molecule has 4 fully saturated rings. The summed E-state index contributed by atoms with van der Waals surface area (Å²) in [5, 5.41) is 4.08. The van der Waals surface area contributed by atoms with Crippen LogP contribution in [-0.4, -0.2) is 60.6 Å². The average Bonchev–Trinajstić information content (AvgIpc) is 2.77. The molecule has 4 saturated heterocycles. The fourth-order valence-corrected chi connectivity index (χ4v) is 5.23. The Morgan fingerprint density at radius 2 is 1.68 bits per heavy atom. The minimum atomic E-state index is 0.809. The zero-order valence-corrected chi connectivity index (χ0v) is 12.4. The molecule has 0 aliphatic carbocycles. The highest BCUT2D eigenvalue weighted by atomic mass is 15.2. The van der Waals surface area contributed by atoms with Gasteiger partial charge in [0.25, 0.3) is 0 Å². The highest BCUT2D eigenvalue weighted by Crippen LogP contribution is 2.34. The highest BCUT2D eigenvalue weighted by molar-refractivity contribution is 4.97. The Labute approximate surface area is 117 Å². The number of rotatable bonds is 2. The molecule has 0 amide bonds. The number of nitrogens with one attached hydrogen (secondary N) is 1. The van der Waals surface area contributed by atoms with Gasteiger partial charge in [0.15, 0.2) is 0 Å². The van der Waals surface area contributed by atoms with Crippen molar-refractivity contribution < 1.29 is 0 Å². The third-order valence-corrected chi connectivity index (χ3v) is 6.42. The smallest absolute Gasteiger partial charge is 0.0123 e. The summed E-state index contributed by atoms with van der Waals surface area (Å²) in [6, 6.07) is 3.37. The quantitative estimate of drug-likeness (QED) is 0.818. The molecule has 0 aromatic carbocycles. The Bertz CT molecular complexity index is 318. The van der Waals surface area contributed by atoms with E-state index in [9.17, 15) is 0 Å². The monoisotopic (exact) mass is 263 g/mol. The molecule has 1 N–H and O–H groups in total.